The van der Waals surface area contributed by atoms with E-state index < -0.39 is 17.8 Å². The van der Waals surface area contributed by atoms with Gasteiger partial charge in [0.1, 0.15) is 6.04 Å². The van der Waals surface area contributed by atoms with E-state index >= 15 is 0 Å². The van der Waals surface area contributed by atoms with Gasteiger partial charge in [-0.2, -0.15) is 13.2 Å². The maximum atomic E-state index is 12.8. The molecule has 9 heteroatoms. The second kappa shape index (κ2) is 10.2. The van der Waals surface area contributed by atoms with Gasteiger partial charge in [0.2, 0.25) is 11.8 Å². The predicted octanol–water partition coefficient (Wildman–Crippen LogP) is 4.31. The van der Waals surface area contributed by atoms with Crippen LogP contribution in [-0.2, 0) is 15.8 Å². The van der Waals surface area contributed by atoms with Crippen LogP contribution >= 0.6 is 11.6 Å². The first-order valence-electron chi connectivity index (χ1n) is 9.78. The molecule has 2 rings (SSSR count). The Morgan fingerprint density at radius 2 is 1.83 bits per heavy atom. The van der Waals surface area contributed by atoms with E-state index in [4.69, 9.17) is 11.6 Å². The summed E-state index contributed by atoms with van der Waals surface area (Å²) in [5, 5.41) is 5.54. The summed E-state index contributed by atoms with van der Waals surface area (Å²) >= 11 is 5.98. The molecule has 1 aromatic carbocycles. The van der Waals surface area contributed by atoms with Crippen molar-refractivity contribution in [3.05, 3.63) is 28.8 Å². The van der Waals surface area contributed by atoms with Gasteiger partial charge in [0.15, 0.2) is 0 Å². The minimum atomic E-state index is -4.49. The maximum absolute atomic E-state index is 12.8. The highest BCUT2D eigenvalue weighted by Crippen LogP contribution is 2.34. The van der Waals surface area contributed by atoms with E-state index in [0.717, 1.165) is 44.5 Å². The summed E-state index contributed by atoms with van der Waals surface area (Å²) in [5.41, 5.74) is -0.604. The first-order valence-corrected chi connectivity index (χ1v) is 10.2. The van der Waals surface area contributed by atoms with Crippen molar-refractivity contribution >= 4 is 29.1 Å². The number of halogens is 4. The number of rotatable bonds is 7. The number of hydrogen-bond acceptors (Lipinski definition) is 3. The molecule has 1 heterocycles. The van der Waals surface area contributed by atoms with Crippen LogP contribution in [0.25, 0.3) is 0 Å². The molecule has 29 heavy (non-hydrogen) atoms. The second-order valence-electron chi connectivity index (χ2n) is 7.54. The fraction of sp³-hybridized carbons (Fsp3) is 0.600. The van der Waals surface area contributed by atoms with Crippen LogP contribution in [0.15, 0.2) is 18.2 Å². The van der Waals surface area contributed by atoms with Crippen LogP contribution in [0.5, 0.6) is 0 Å². The van der Waals surface area contributed by atoms with Crippen molar-refractivity contribution < 1.29 is 22.8 Å². The molecule has 1 aromatic rings. The van der Waals surface area contributed by atoms with Crippen LogP contribution in [-0.4, -0.2) is 42.4 Å². The summed E-state index contributed by atoms with van der Waals surface area (Å²) < 4.78 is 38.4. The molecule has 0 bridgehead atoms. The molecular weight excluding hydrogens is 407 g/mol. The number of likely N-dealkylation sites (tertiary alicyclic amines) is 1. The zero-order chi connectivity index (χ0) is 21.6. The molecule has 0 unspecified atom stereocenters. The van der Waals surface area contributed by atoms with Crippen molar-refractivity contribution in [3.63, 3.8) is 0 Å². The number of nitrogens with one attached hydrogen (secondary N) is 2. The lowest BCUT2D eigenvalue weighted by Gasteiger charge is -2.27. The largest absolute Gasteiger partial charge is 0.416 e. The highest BCUT2D eigenvalue weighted by molar-refractivity contribution is 6.33. The number of amides is 2. The zero-order valence-electron chi connectivity index (χ0n) is 16.6. The van der Waals surface area contributed by atoms with Crippen molar-refractivity contribution in [1.29, 1.82) is 0 Å². The highest BCUT2D eigenvalue weighted by atomic mass is 35.5. The van der Waals surface area contributed by atoms with E-state index in [1.165, 1.54) is 6.07 Å². The SMILES string of the molecule is CC(C)[C@H](Nc1ccc(C(F)(F)F)cc1Cl)C(=O)NCCC(=O)N1CCCCC1. The lowest BCUT2D eigenvalue weighted by atomic mass is 10.0. The Labute approximate surface area is 174 Å². The van der Waals surface area contributed by atoms with Crippen molar-refractivity contribution in [1.82, 2.24) is 10.2 Å². The summed E-state index contributed by atoms with van der Waals surface area (Å²) in [7, 11) is 0. The van der Waals surface area contributed by atoms with Crippen LogP contribution < -0.4 is 10.6 Å². The lowest BCUT2D eigenvalue weighted by molar-refractivity contribution is -0.137. The Bertz CT molecular complexity index is 719. The van der Waals surface area contributed by atoms with E-state index in [1.807, 2.05) is 18.7 Å². The third-order valence-corrected chi connectivity index (χ3v) is 5.22. The predicted molar refractivity (Wildman–Crippen MR) is 107 cm³/mol. The Morgan fingerprint density at radius 1 is 1.17 bits per heavy atom. The monoisotopic (exact) mass is 433 g/mol. The molecule has 1 fully saturated rings. The zero-order valence-corrected chi connectivity index (χ0v) is 17.4. The summed E-state index contributed by atoms with van der Waals surface area (Å²) in [6, 6.07) is 2.26. The number of anilines is 1. The molecule has 1 atom stereocenters. The minimum absolute atomic E-state index is 0.0184. The van der Waals surface area contributed by atoms with Crippen molar-refractivity contribution in [2.45, 2.75) is 51.7 Å². The third-order valence-electron chi connectivity index (χ3n) is 4.90. The second-order valence-corrected chi connectivity index (χ2v) is 7.95. The molecule has 0 aliphatic carbocycles. The number of nitrogens with zero attached hydrogens (tertiary/aromatic N) is 1. The van der Waals surface area contributed by atoms with Crippen LogP contribution in [0.2, 0.25) is 5.02 Å². The summed E-state index contributed by atoms with van der Waals surface area (Å²) in [5.74, 6) is -0.460. The normalized spacial score (nSPS) is 15.9. The number of benzene rings is 1. The van der Waals surface area contributed by atoms with Gasteiger partial charge in [0.25, 0.3) is 0 Å². The topological polar surface area (TPSA) is 61.4 Å². The average Bonchev–Trinajstić information content (AvgIpc) is 2.66. The standard InChI is InChI=1S/C20H27ClF3N3O2/c1-13(2)18(26-16-7-6-14(12-15(16)21)20(22,23)24)19(29)25-9-8-17(28)27-10-4-3-5-11-27/h6-7,12-13,18,26H,3-5,8-11H2,1-2H3,(H,25,29)/t18-/m0/s1. The first kappa shape index (κ1) is 23.3. The van der Waals surface area contributed by atoms with Crippen LogP contribution in [0.4, 0.5) is 18.9 Å². The van der Waals surface area contributed by atoms with Crippen LogP contribution in [0, 0.1) is 5.92 Å². The van der Waals surface area contributed by atoms with Gasteiger partial charge < -0.3 is 15.5 Å². The van der Waals surface area contributed by atoms with Crippen molar-refractivity contribution in [2.24, 2.45) is 5.92 Å². The molecular formula is C20H27ClF3N3O2. The number of hydrogen-bond donors (Lipinski definition) is 2. The van der Waals surface area contributed by atoms with Crippen LogP contribution in [0.1, 0.15) is 45.1 Å². The fourth-order valence-electron chi connectivity index (χ4n) is 3.21. The number of carbonyl (C=O) groups excluding carboxylic acids is 2. The van der Waals surface area contributed by atoms with Gasteiger partial charge in [-0.1, -0.05) is 25.4 Å². The Balaban J connectivity index is 1.93. The molecule has 1 aliphatic heterocycles. The highest BCUT2D eigenvalue weighted by Gasteiger charge is 2.31. The van der Waals surface area contributed by atoms with E-state index in [0.29, 0.717) is 0 Å². The molecule has 1 aliphatic rings. The van der Waals surface area contributed by atoms with Gasteiger partial charge in [-0.3, -0.25) is 9.59 Å². The number of piperidine rings is 1. The molecule has 5 nitrogen and oxygen atoms in total. The molecule has 162 valence electrons. The summed E-state index contributed by atoms with van der Waals surface area (Å²) in [6.45, 7) is 5.35. The minimum Gasteiger partial charge on any atom is -0.372 e. The smallest absolute Gasteiger partial charge is 0.372 e. The number of carbonyl (C=O) groups is 2. The first-order chi connectivity index (χ1) is 13.6. The Morgan fingerprint density at radius 3 is 2.38 bits per heavy atom. The molecule has 0 spiro atoms. The van der Waals surface area contributed by atoms with Gasteiger partial charge in [0.05, 0.1) is 16.3 Å². The molecule has 1 saturated heterocycles. The van der Waals surface area contributed by atoms with Gasteiger partial charge in [0, 0.05) is 26.1 Å². The molecule has 0 aromatic heterocycles. The van der Waals surface area contributed by atoms with E-state index in [9.17, 15) is 22.8 Å². The number of alkyl halides is 3. The van der Waals surface area contributed by atoms with Crippen LogP contribution in [0.3, 0.4) is 0 Å². The quantitative estimate of drug-likeness (QED) is 0.673. The third kappa shape index (κ3) is 6.80. The van der Waals surface area contributed by atoms with E-state index in [-0.39, 0.29) is 41.4 Å². The Hall–Kier alpha value is -1.96. The van der Waals surface area contributed by atoms with Gasteiger partial charge in [-0.05, 0) is 43.4 Å². The average molecular weight is 434 g/mol. The molecule has 2 amide bonds. The fourth-order valence-corrected chi connectivity index (χ4v) is 3.45. The van der Waals surface area contributed by atoms with Crippen molar-refractivity contribution in [2.75, 3.05) is 25.0 Å². The van der Waals surface area contributed by atoms with Gasteiger partial charge in [-0.25, -0.2) is 0 Å². The van der Waals surface area contributed by atoms with E-state index in [1.54, 1.807) is 0 Å². The van der Waals surface area contributed by atoms with Crippen molar-refractivity contribution in [3.8, 4) is 0 Å². The molecule has 0 saturated carbocycles. The summed E-state index contributed by atoms with van der Waals surface area (Å²) in [6.07, 6.45) is -1.12. The maximum Gasteiger partial charge on any atom is 0.416 e. The molecule has 2 N–H and O–H groups in total. The Kier molecular flexibility index (Phi) is 8.19. The van der Waals surface area contributed by atoms with E-state index in [2.05, 4.69) is 10.6 Å². The van der Waals surface area contributed by atoms with Gasteiger partial charge >= 0.3 is 6.18 Å². The lowest BCUT2D eigenvalue weighted by Crippen LogP contribution is -2.44. The molecule has 0 radical (unpaired) electrons. The van der Waals surface area contributed by atoms with Gasteiger partial charge in [-0.15, -0.1) is 0 Å². The summed E-state index contributed by atoms with van der Waals surface area (Å²) in [4.78, 5) is 26.6.